The Bertz CT molecular complexity index is 3320. The lowest BCUT2D eigenvalue weighted by Gasteiger charge is -2.37. The zero-order valence-electron chi connectivity index (χ0n) is 51.7. The Morgan fingerprint density at radius 1 is 0.323 bits per heavy atom. The molecule has 3 aliphatic heterocycles. The zero-order valence-corrected chi connectivity index (χ0v) is 51.7. The third-order valence-electron chi connectivity index (χ3n) is 18.7. The van der Waals surface area contributed by atoms with E-state index in [-0.39, 0.29) is 39.3 Å². The predicted octanol–water partition coefficient (Wildman–Crippen LogP) is 15.1. The Balaban J connectivity index is 0.000000153. The van der Waals surface area contributed by atoms with E-state index < -0.39 is 106 Å². The molecule has 3 saturated carbocycles. The third kappa shape index (κ3) is 14.3. The van der Waals surface area contributed by atoms with Gasteiger partial charge in [0, 0.05) is 95.6 Å². The first-order chi connectivity index (χ1) is 43.5. The van der Waals surface area contributed by atoms with Crippen LogP contribution in [-0.4, -0.2) is 129 Å². The molecule has 0 aromatic heterocycles. The van der Waals surface area contributed by atoms with Crippen LogP contribution in [0.15, 0.2) is 127 Å². The maximum Gasteiger partial charge on any atom is 0.416 e. The van der Waals surface area contributed by atoms with Crippen molar-refractivity contribution < 1.29 is 80.2 Å². The van der Waals surface area contributed by atoms with Crippen molar-refractivity contribution in [1.82, 2.24) is 14.7 Å². The van der Waals surface area contributed by atoms with Crippen molar-refractivity contribution in [3.63, 3.8) is 0 Å². The number of benzene rings is 6. The number of carbonyl (C=O) groups is 3. The summed E-state index contributed by atoms with van der Waals surface area (Å²) in [7, 11) is 0. The van der Waals surface area contributed by atoms with Crippen molar-refractivity contribution in [2.45, 2.75) is 95.6 Å². The van der Waals surface area contributed by atoms with Crippen LogP contribution >= 0.6 is 0 Å². The molecule has 0 radical (unpaired) electrons. The Labute approximate surface area is 528 Å². The Morgan fingerprint density at radius 2 is 0.527 bits per heavy atom. The van der Waals surface area contributed by atoms with Crippen molar-refractivity contribution in [1.29, 1.82) is 0 Å². The van der Waals surface area contributed by atoms with Gasteiger partial charge in [-0.25, -0.2) is 26.3 Å². The monoisotopic (exact) mass is 1310 g/mol. The van der Waals surface area contributed by atoms with E-state index in [2.05, 4.69) is 0 Å². The average molecular weight is 1320 g/mol. The van der Waals surface area contributed by atoms with Gasteiger partial charge in [0.05, 0.1) is 34.4 Å². The lowest BCUT2D eigenvalue weighted by atomic mass is 10.1. The lowest BCUT2D eigenvalue weighted by Crippen LogP contribution is -2.50. The van der Waals surface area contributed by atoms with E-state index in [0.29, 0.717) is 89.7 Å². The van der Waals surface area contributed by atoms with Crippen molar-refractivity contribution in [2.24, 2.45) is 17.8 Å². The highest BCUT2D eigenvalue weighted by molar-refractivity contribution is 5.87. The zero-order chi connectivity index (χ0) is 67.7. The highest BCUT2D eigenvalue weighted by Crippen LogP contribution is 2.64. The Morgan fingerprint density at radius 3 is 0.720 bits per heavy atom. The lowest BCUT2D eigenvalue weighted by molar-refractivity contribution is -0.138. The summed E-state index contributed by atoms with van der Waals surface area (Å²) < 4.78 is 204. The van der Waals surface area contributed by atoms with E-state index in [1.165, 1.54) is 32.9 Å². The van der Waals surface area contributed by atoms with E-state index in [1.807, 2.05) is 20.8 Å². The number of anilines is 3. The predicted molar refractivity (Wildman–Crippen MR) is 322 cm³/mol. The number of piperazine rings is 3. The molecule has 3 saturated heterocycles. The van der Waals surface area contributed by atoms with Gasteiger partial charge in [-0.15, -0.1) is 0 Å². The second kappa shape index (κ2) is 25.4. The molecule has 9 nitrogen and oxygen atoms in total. The second-order valence-electron chi connectivity index (χ2n) is 25.1. The fraction of sp³-hybridized carbons (Fsp3) is 0.435. The van der Waals surface area contributed by atoms with E-state index in [0.717, 1.165) is 53.1 Å². The van der Waals surface area contributed by atoms with Gasteiger partial charge in [0.1, 0.15) is 17.8 Å². The molecule has 12 rings (SSSR count). The normalized spacial score (nSPS) is 23.1. The van der Waals surface area contributed by atoms with E-state index in [1.54, 1.807) is 108 Å². The van der Waals surface area contributed by atoms with Crippen LogP contribution in [0.2, 0.25) is 0 Å². The summed E-state index contributed by atoms with van der Waals surface area (Å²) in [4.78, 5) is 48.0. The summed E-state index contributed by atoms with van der Waals surface area (Å²) in [5.74, 6) is -18.5. The number of hydrogen-bond donors (Lipinski definition) is 0. The number of nitrogens with zero attached hydrogens (tertiary/aromatic N) is 6. The van der Waals surface area contributed by atoms with Crippen LogP contribution in [0.5, 0.6) is 0 Å². The first-order valence-electron chi connectivity index (χ1n) is 30.5. The van der Waals surface area contributed by atoms with Crippen LogP contribution in [0.4, 0.5) is 82.9 Å². The molecule has 0 spiro atoms. The first-order valence-corrected chi connectivity index (χ1v) is 30.5. The number of carbonyl (C=O) groups excluding carboxylic acids is 3. The van der Waals surface area contributed by atoms with Gasteiger partial charge in [0.2, 0.25) is 17.7 Å². The Kier molecular flexibility index (Phi) is 18.6. The number of halogens is 15. The maximum atomic E-state index is 14.4. The van der Waals surface area contributed by atoms with Crippen LogP contribution in [0.25, 0.3) is 0 Å². The van der Waals surface area contributed by atoms with Crippen molar-refractivity contribution in [2.75, 3.05) is 93.2 Å². The quantitative estimate of drug-likeness (QED) is 0.134. The molecule has 6 fully saturated rings. The molecule has 6 aliphatic rings. The highest BCUT2D eigenvalue weighted by atomic mass is 19.4. The van der Waals surface area contributed by atoms with Gasteiger partial charge in [-0.05, 0) is 111 Å². The Hall–Kier alpha value is -7.92. The van der Waals surface area contributed by atoms with Gasteiger partial charge in [0.25, 0.3) is 17.8 Å². The van der Waals surface area contributed by atoms with Crippen LogP contribution < -0.4 is 14.7 Å². The van der Waals surface area contributed by atoms with Crippen LogP contribution in [0, 0.1) is 59.3 Å². The van der Waals surface area contributed by atoms with E-state index in [4.69, 9.17) is 0 Å². The first kappa shape index (κ1) is 68.0. The summed E-state index contributed by atoms with van der Waals surface area (Å²) in [5, 5.41) is 0. The van der Waals surface area contributed by atoms with Gasteiger partial charge in [-0.2, -0.15) is 39.5 Å². The molecular weight excluding hydrogens is 1250 g/mol. The summed E-state index contributed by atoms with van der Waals surface area (Å²) in [5.41, 5.74) is 5.48. The van der Waals surface area contributed by atoms with Gasteiger partial charge >= 0.3 is 18.5 Å². The molecule has 6 atom stereocenters. The largest absolute Gasteiger partial charge is 0.416 e. The molecular formula is C69H69F15N6O3. The molecule has 498 valence electrons. The van der Waals surface area contributed by atoms with Crippen molar-refractivity contribution in [3.05, 3.63) is 194 Å². The molecule has 93 heavy (non-hydrogen) atoms. The maximum absolute atomic E-state index is 14.4. The topological polar surface area (TPSA) is 70.7 Å². The number of amides is 3. The second-order valence-corrected chi connectivity index (χ2v) is 25.1. The third-order valence-corrected chi connectivity index (χ3v) is 18.7. The number of hydrogen-bond acceptors (Lipinski definition) is 6. The van der Waals surface area contributed by atoms with Gasteiger partial charge in [-0.1, -0.05) is 108 Å². The average Bonchev–Trinajstić information content (AvgIpc) is 1.57. The molecule has 3 heterocycles. The number of alkyl halides is 15. The fourth-order valence-electron chi connectivity index (χ4n) is 12.9. The smallest absolute Gasteiger partial charge is 0.368 e. The summed E-state index contributed by atoms with van der Waals surface area (Å²) in [6.07, 6.45) is -13.3. The molecule has 3 amide bonds. The minimum Gasteiger partial charge on any atom is -0.368 e. The minimum absolute atomic E-state index is 0.196. The van der Waals surface area contributed by atoms with Crippen LogP contribution in [0.3, 0.4) is 0 Å². The van der Waals surface area contributed by atoms with Crippen LogP contribution in [-0.2, 0) is 32.9 Å². The summed E-state index contributed by atoms with van der Waals surface area (Å²) in [6.45, 7) is 13.7. The number of rotatable bonds is 9. The SMILES string of the molecule is Cc1ccc(C2[C@@H](C(=O)N3CCN(c4cc(C(F)(F)F)ccc4C)CC3)C2(F)F)cc1.Cc1ccc([C@@H]2[C@H](C(=O)N3CCN(c4cc(C(F)(F)F)ccc4C)CC3)C2(F)F)cc1.Cc1ccc([C@H]2[C@@H](C(=O)N3CCN(c4cc(C(F)(F)F)ccc4C)CC3)C2(F)F)cc1. The summed E-state index contributed by atoms with van der Waals surface area (Å²) >= 11 is 0. The standard InChI is InChI=1S/3C23H23F5N2O/c3*1-14-3-6-16(7-4-14)19-20(22(19,24)25)21(31)30-11-9-29(10-12-30)18-13-17(23(26,27)28)8-5-15(18)2/h3*3-8,13,19-20H,9-12H2,1-2H3/t19?,20-;2*19-,20-/m010/s1. The summed E-state index contributed by atoms with van der Waals surface area (Å²) in [6, 6.07) is 31.0. The van der Waals surface area contributed by atoms with Gasteiger partial charge in [-0.3, -0.25) is 14.4 Å². The van der Waals surface area contributed by atoms with E-state index in [9.17, 15) is 80.2 Å². The molecule has 3 aliphatic carbocycles. The van der Waals surface area contributed by atoms with Gasteiger partial charge < -0.3 is 29.4 Å². The van der Waals surface area contributed by atoms with E-state index >= 15 is 0 Å². The molecule has 24 heteroatoms. The molecule has 6 aromatic carbocycles. The molecule has 1 unspecified atom stereocenters. The van der Waals surface area contributed by atoms with Crippen molar-refractivity contribution in [3.8, 4) is 0 Å². The van der Waals surface area contributed by atoms with Gasteiger partial charge in [0.15, 0.2) is 0 Å². The molecule has 0 bridgehead atoms. The molecule has 0 N–H and O–H groups in total. The van der Waals surface area contributed by atoms with Crippen LogP contribution in [0.1, 0.15) is 84.5 Å². The minimum atomic E-state index is -4.44. The fourth-order valence-corrected chi connectivity index (χ4v) is 12.9. The highest BCUT2D eigenvalue weighted by Gasteiger charge is 2.75. The molecule has 6 aromatic rings. The van der Waals surface area contributed by atoms with Crippen molar-refractivity contribution >= 4 is 34.8 Å². The number of aryl methyl sites for hydroxylation is 6.